The number of hydrogen-bond acceptors (Lipinski definition) is 5. The highest BCUT2D eigenvalue weighted by Gasteiger charge is 2.17. The van der Waals surface area contributed by atoms with Gasteiger partial charge < -0.3 is 4.74 Å². The van der Waals surface area contributed by atoms with Gasteiger partial charge in [-0.1, -0.05) is 6.92 Å². The summed E-state index contributed by atoms with van der Waals surface area (Å²) in [6.45, 7) is 2.49. The molecule has 0 amide bonds. The van der Waals surface area contributed by atoms with E-state index in [0.717, 1.165) is 24.6 Å². The summed E-state index contributed by atoms with van der Waals surface area (Å²) in [4.78, 5) is 10.1. The number of halogens is 1. The summed E-state index contributed by atoms with van der Waals surface area (Å²) in [5.41, 5.74) is -0.325. The van der Waals surface area contributed by atoms with Crippen molar-refractivity contribution >= 4 is 5.69 Å². The van der Waals surface area contributed by atoms with Crippen LogP contribution >= 0.6 is 0 Å². The fourth-order valence-corrected chi connectivity index (χ4v) is 1.39. The van der Waals surface area contributed by atoms with E-state index in [1.807, 2.05) is 13.0 Å². The van der Waals surface area contributed by atoms with E-state index in [0.29, 0.717) is 6.54 Å². The molecule has 0 saturated carbocycles. The minimum Gasteiger partial charge on any atom is -0.484 e. The van der Waals surface area contributed by atoms with Crippen LogP contribution in [0.3, 0.4) is 0 Å². The van der Waals surface area contributed by atoms with Gasteiger partial charge in [0.2, 0.25) is 0 Å². The molecule has 0 heterocycles. The lowest BCUT2D eigenvalue weighted by Gasteiger charge is -2.12. The largest absolute Gasteiger partial charge is 0.484 e. The Kier molecular flexibility index (Phi) is 5.70. The normalized spacial score (nSPS) is 11.6. The summed E-state index contributed by atoms with van der Waals surface area (Å²) in [7, 11) is 0. The monoisotopic (exact) mass is 267 g/mol. The molecule has 0 fully saturated rings. The Morgan fingerprint density at radius 1 is 1.63 bits per heavy atom. The van der Waals surface area contributed by atoms with Crippen molar-refractivity contribution in [1.29, 1.82) is 5.26 Å². The summed E-state index contributed by atoms with van der Waals surface area (Å²) in [5, 5.41) is 22.5. The number of nitriles is 1. The molecule has 0 saturated heterocycles. The molecule has 1 atom stereocenters. The van der Waals surface area contributed by atoms with E-state index in [2.05, 4.69) is 5.32 Å². The number of nitro benzene ring substituents is 1. The molecule has 0 radical (unpaired) electrons. The first-order valence-electron chi connectivity index (χ1n) is 5.78. The number of ether oxygens (including phenoxy) is 1. The highest BCUT2D eigenvalue weighted by atomic mass is 19.1. The van der Waals surface area contributed by atoms with Gasteiger partial charge in [-0.3, -0.25) is 15.4 Å². The van der Waals surface area contributed by atoms with Gasteiger partial charge in [0, 0.05) is 12.1 Å². The molecule has 7 heteroatoms. The van der Waals surface area contributed by atoms with Crippen LogP contribution in [0.4, 0.5) is 10.1 Å². The predicted molar refractivity (Wildman–Crippen MR) is 66.2 cm³/mol. The number of nitrogens with zero attached hydrogens (tertiary/aromatic N) is 2. The second kappa shape index (κ2) is 7.28. The van der Waals surface area contributed by atoms with E-state index in [-0.39, 0.29) is 18.0 Å². The van der Waals surface area contributed by atoms with Gasteiger partial charge in [-0.2, -0.15) is 5.26 Å². The van der Waals surface area contributed by atoms with Crippen molar-refractivity contribution < 1.29 is 14.1 Å². The van der Waals surface area contributed by atoms with Crippen LogP contribution in [0.25, 0.3) is 0 Å². The molecule has 0 aliphatic heterocycles. The quantitative estimate of drug-likeness (QED) is 0.603. The Morgan fingerprint density at radius 2 is 2.37 bits per heavy atom. The molecule has 1 N–H and O–H groups in total. The van der Waals surface area contributed by atoms with Crippen LogP contribution in [0.5, 0.6) is 5.75 Å². The van der Waals surface area contributed by atoms with Gasteiger partial charge in [0.1, 0.15) is 18.5 Å². The zero-order chi connectivity index (χ0) is 14.3. The molecule has 0 aliphatic carbocycles. The number of nitrogens with one attached hydrogen (secondary N) is 1. The fraction of sp³-hybridized carbons (Fsp3) is 0.417. The van der Waals surface area contributed by atoms with E-state index >= 15 is 0 Å². The van der Waals surface area contributed by atoms with Crippen molar-refractivity contribution in [2.45, 2.75) is 19.4 Å². The van der Waals surface area contributed by atoms with Crippen molar-refractivity contribution in [3.05, 3.63) is 34.1 Å². The highest BCUT2D eigenvalue weighted by Crippen LogP contribution is 2.27. The van der Waals surface area contributed by atoms with Crippen molar-refractivity contribution in [3.8, 4) is 11.8 Å². The summed E-state index contributed by atoms with van der Waals surface area (Å²) in [6.07, 6.45) is 0.846. The standard InChI is InChI=1S/C12H14FN3O3/c1-2-5-15-10(7-14)8-19-12-6-9(13)3-4-11(12)16(17)18/h3-4,6,10,15H,2,5,8H2,1H3. The van der Waals surface area contributed by atoms with Gasteiger partial charge >= 0.3 is 5.69 Å². The average Bonchev–Trinajstić information content (AvgIpc) is 2.38. The third-order valence-corrected chi connectivity index (χ3v) is 2.32. The maximum atomic E-state index is 13.0. The second-order valence-electron chi connectivity index (χ2n) is 3.82. The second-order valence-corrected chi connectivity index (χ2v) is 3.82. The van der Waals surface area contributed by atoms with Crippen molar-refractivity contribution in [2.75, 3.05) is 13.2 Å². The third kappa shape index (κ3) is 4.52. The van der Waals surface area contributed by atoms with Crippen LogP contribution in [0.2, 0.25) is 0 Å². The van der Waals surface area contributed by atoms with Crippen molar-refractivity contribution in [1.82, 2.24) is 5.32 Å². The Balaban J connectivity index is 2.73. The minimum absolute atomic E-state index is 0.0825. The SMILES string of the molecule is CCCNC(C#N)COc1cc(F)ccc1[N+](=O)[O-]. The Morgan fingerprint density at radius 3 is 2.95 bits per heavy atom. The molecular formula is C12H14FN3O3. The maximum absolute atomic E-state index is 13.0. The lowest BCUT2D eigenvalue weighted by Crippen LogP contribution is -2.33. The molecule has 19 heavy (non-hydrogen) atoms. The molecule has 0 aromatic heterocycles. The van der Waals surface area contributed by atoms with E-state index < -0.39 is 16.8 Å². The number of rotatable bonds is 7. The topological polar surface area (TPSA) is 88.2 Å². The molecule has 1 aromatic rings. The molecule has 6 nitrogen and oxygen atoms in total. The summed E-state index contributed by atoms with van der Waals surface area (Å²) in [5.74, 6) is -0.806. The first-order valence-corrected chi connectivity index (χ1v) is 5.78. The molecule has 1 unspecified atom stereocenters. The van der Waals surface area contributed by atoms with Gasteiger partial charge in [0.25, 0.3) is 0 Å². The first kappa shape index (κ1) is 14.9. The number of nitro groups is 1. The molecular weight excluding hydrogens is 253 g/mol. The maximum Gasteiger partial charge on any atom is 0.311 e. The molecule has 1 rings (SSSR count). The fourth-order valence-electron chi connectivity index (χ4n) is 1.39. The Hall–Kier alpha value is -2.20. The molecule has 0 bridgehead atoms. The zero-order valence-electron chi connectivity index (χ0n) is 10.4. The number of benzene rings is 1. The first-order chi connectivity index (χ1) is 9.08. The van der Waals surface area contributed by atoms with Crippen LogP contribution in [-0.4, -0.2) is 24.1 Å². The van der Waals surface area contributed by atoms with Crippen LogP contribution in [0.15, 0.2) is 18.2 Å². The number of hydrogen-bond donors (Lipinski definition) is 1. The van der Waals surface area contributed by atoms with Crippen LogP contribution in [0, 0.1) is 27.3 Å². The van der Waals surface area contributed by atoms with Crippen molar-refractivity contribution in [2.24, 2.45) is 0 Å². The van der Waals surface area contributed by atoms with Gasteiger partial charge in [-0.25, -0.2) is 4.39 Å². The van der Waals surface area contributed by atoms with Crippen molar-refractivity contribution in [3.63, 3.8) is 0 Å². The smallest absolute Gasteiger partial charge is 0.311 e. The summed E-state index contributed by atoms with van der Waals surface area (Å²) >= 11 is 0. The predicted octanol–water partition coefficient (Wildman–Crippen LogP) is 2.00. The van der Waals surface area contributed by atoms with E-state index in [9.17, 15) is 14.5 Å². The molecule has 0 aliphatic rings. The summed E-state index contributed by atoms with van der Waals surface area (Å²) in [6, 6.07) is 4.33. The average molecular weight is 267 g/mol. The van der Waals surface area contributed by atoms with Gasteiger partial charge in [0.05, 0.1) is 11.0 Å². The van der Waals surface area contributed by atoms with E-state index in [1.165, 1.54) is 0 Å². The molecule has 0 spiro atoms. The zero-order valence-corrected chi connectivity index (χ0v) is 10.4. The van der Waals surface area contributed by atoms with Crippen LogP contribution in [-0.2, 0) is 0 Å². The molecule has 1 aromatic carbocycles. The van der Waals surface area contributed by atoms with Crippen LogP contribution in [0.1, 0.15) is 13.3 Å². The van der Waals surface area contributed by atoms with E-state index in [1.54, 1.807) is 0 Å². The third-order valence-electron chi connectivity index (χ3n) is 2.32. The Bertz CT molecular complexity index is 488. The lowest BCUT2D eigenvalue weighted by molar-refractivity contribution is -0.385. The highest BCUT2D eigenvalue weighted by molar-refractivity contribution is 5.46. The summed E-state index contributed by atoms with van der Waals surface area (Å²) < 4.78 is 18.2. The van der Waals surface area contributed by atoms with Gasteiger partial charge in [-0.15, -0.1) is 0 Å². The van der Waals surface area contributed by atoms with Gasteiger partial charge in [0.15, 0.2) is 5.75 Å². The van der Waals surface area contributed by atoms with Gasteiger partial charge in [-0.05, 0) is 19.0 Å². The lowest BCUT2D eigenvalue weighted by atomic mass is 10.3. The minimum atomic E-state index is -0.657. The van der Waals surface area contributed by atoms with E-state index in [4.69, 9.17) is 10.00 Å². The van der Waals surface area contributed by atoms with Crippen LogP contribution < -0.4 is 10.1 Å². The Labute approximate surface area is 109 Å². The molecule has 102 valence electrons.